The van der Waals surface area contributed by atoms with Crippen LogP contribution in [0.4, 0.5) is 0 Å². The molecule has 2 rings (SSSR count). The second-order valence-corrected chi connectivity index (χ2v) is 5.71. The zero-order valence-electron chi connectivity index (χ0n) is 12.3. The van der Waals surface area contributed by atoms with Crippen LogP contribution in [-0.2, 0) is 11.2 Å². The fourth-order valence-electron chi connectivity index (χ4n) is 2.02. The Bertz CT molecular complexity index is 603. The molecule has 110 valence electrons. The maximum atomic E-state index is 11.8. The van der Waals surface area contributed by atoms with Gasteiger partial charge in [-0.15, -0.1) is 0 Å². The van der Waals surface area contributed by atoms with Gasteiger partial charge in [0.05, 0.1) is 5.02 Å². The first-order chi connectivity index (χ1) is 10.1. The molecule has 0 unspecified atom stereocenters. The number of halogens is 1. The highest BCUT2D eigenvalue weighted by Gasteiger charge is 2.08. The molecule has 0 amide bonds. The molecule has 2 aromatic carbocycles. The molecule has 21 heavy (non-hydrogen) atoms. The third-order valence-corrected chi connectivity index (χ3v) is 3.64. The lowest BCUT2D eigenvalue weighted by atomic mass is 10.0. The summed E-state index contributed by atoms with van der Waals surface area (Å²) in [6.45, 7) is 4.33. The molecule has 0 aromatic heterocycles. The summed E-state index contributed by atoms with van der Waals surface area (Å²) in [4.78, 5) is 11.8. The van der Waals surface area contributed by atoms with E-state index >= 15 is 0 Å². The van der Waals surface area contributed by atoms with Crippen molar-refractivity contribution in [1.82, 2.24) is 0 Å². The lowest BCUT2D eigenvalue weighted by Gasteiger charge is -2.08. The van der Waals surface area contributed by atoms with E-state index in [9.17, 15) is 4.79 Å². The van der Waals surface area contributed by atoms with Gasteiger partial charge in [-0.1, -0.05) is 61.8 Å². The standard InChI is InChI=1S/C18H19ClO2/c1-13(2)15-10-7-14(8-11-15)9-12-18(20)21-17-6-4-3-5-16(17)19/h3-8,10-11,13H,9,12H2,1-2H3. The van der Waals surface area contributed by atoms with Crippen molar-refractivity contribution in [2.24, 2.45) is 0 Å². The smallest absolute Gasteiger partial charge is 0.311 e. The number of hydrogen-bond acceptors (Lipinski definition) is 2. The van der Waals surface area contributed by atoms with Gasteiger partial charge in [0.25, 0.3) is 0 Å². The number of aryl methyl sites for hydroxylation is 1. The van der Waals surface area contributed by atoms with Gasteiger partial charge in [-0.25, -0.2) is 0 Å². The first kappa shape index (κ1) is 15.6. The molecule has 0 aliphatic rings. The van der Waals surface area contributed by atoms with Gasteiger partial charge in [0.15, 0.2) is 0 Å². The van der Waals surface area contributed by atoms with Crippen molar-refractivity contribution in [3.8, 4) is 5.75 Å². The Hall–Kier alpha value is -1.80. The fourth-order valence-corrected chi connectivity index (χ4v) is 2.19. The summed E-state index contributed by atoms with van der Waals surface area (Å²) in [6.07, 6.45) is 1.01. The molecule has 0 aliphatic heterocycles. The van der Waals surface area contributed by atoms with Crippen LogP contribution in [0.2, 0.25) is 5.02 Å². The summed E-state index contributed by atoms with van der Waals surface area (Å²) >= 11 is 5.96. The second kappa shape index (κ2) is 7.28. The third-order valence-electron chi connectivity index (χ3n) is 3.32. The minimum atomic E-state index is -0.268. The first-order valence-corrected chi connectivity index (χ1v) is 7.48. The van der Waals surface area contributed by atoms with E-state index < -0.39 is 0 Å². The maximum absolute atomic E-state index is 11.8. The number of hydrogen-bond donors (Lipinski definition) is 0. The summed E-state index contributed by atoms with van der Waals surface area (Å²) in [7, 11) is 0. The molecule has 2 aromatic rings. The minimum absolute atomic E-state index is 0.268. The van der Waals surface area contributed by atoms with E-state index in [1.54, 1.807) is 24.3 Å². The average molecular weight is 303 g/mol. The van der Waals surface area contributed by atoms with Crippen molar-refractivity contribution < 1.29 is 9.53 Å². The largest absolute Gasteiger partial charge is 0.425 e. The van der Waals surface area contributed by atoms with Gasteiger partial charge in [0.1, 0.15) is 5.75 Å². The molecule has 0 N–H and O–H groups in total. The van der Waals surface area contributed by atoms with Crippen LogP contribution in [0.15, 0.2) is 48.5 Å². The van der Waals surface area contributed by atoms with Crippen molar-refractivity contribution in [2.45, 2.75) is 32.6 Å². The second-order valence-electron chi connectivity index (χ2n) is 5.30. The SMILES string of the molecule is CC(C)c1ccc(CCC(=O)Oc2ccccc2Cl)cc1. The summed E-state index contributed by atoms with van der Waals surface area (Å²) < 4.78 is 5.26. The molecular formula is C18H19ClO2. The van der Waals surface area contributed by atoms with Crippen molar-refractivity contribution in [2.75, 3.05) is 0 Å². The predicted octanol–water partition coefficient (Wildman–Crippen LogP) is 5.00. The number of para-hydroxylation sites is 1. The van der Waals surface area contributed by atoms with Gasteiger partial charge < -0.3 is 4.74 Å². The highest BCUT2D eigenvalue weighted by Crippen LogP contribution is 2.23. The van der Waals surface area contributed by atoms with Crippen molar-refractivity contribution in [3.05, 3.63) is 64.7 Å². The lowest BCUT2D eigenvalue weighted by molar-refractivity contribution is -0.134. The van der Waals surface area contributed by atoms with Crippen LogP contribution >= 0.6 is 11.6 Å². The molecule has 0 spiro atoms. The molecule has 0 aliphatic carbocycles. The van der Waals surface area contributed by atoms with E-state index in [0.29, 0.717) is 29.5 Å². The van der Waals surface area contributed by atoms with E-state index in [1.165, 1.54) is 5.56 Å². The number of rotatable bonds is 5. The van der Waals surface area contributed by atoms with E-state index in [4.69, 9.17) is 16.3 Å². The normalized spacial score (nSPS) is 10.7. The van der Waals surface area contributed by atoms with E-state index in [1.807, 2.05) is 0 Å². The van der Waals surface area contributed by atoms with Gasteiger partial charge in [0.2, 0.25) is 0 Å². The summed E-state index contributed by atoms with van der Waals surface area (Å²) in [5, 5.41) is 0.451. The lowest BCUT2D eigenvalue weighted by Crippen LogP contribution is -2.09. The number of benzene rings is 2. The van der Waals surface area contributed by atoms with Crippen LogP contribution in [0.3, 0.4) is 0 Å². The van der Waals surface area contributed by atoms with Crippen LogP contribution in [0.1, 0.15) is 37.3 Å². The number of carbonyl (C=O) groups is 1. The molecule has 0 radical (unpaired) electrons. The topological polar surface area (TPSA) is 26.3 Å². The first-order valence-electron chi connectivity index (χ1n) is 7.10. The quantitative estimate of drug-likeness (QED) is 0.574. The predicted molar refractivity (Wildman–Crippen MR) is 85.9 cm³/mol. The van der Waals surface area contributed by atoms with Crippen molar-refractivity contribution in [3.63, 3.8) is 0 Å². The monoisotopic (exact) mass is 302 g/mol. The molecule has 0 saturated carbocycles. The molecule has 0 fully saturated rings. The van der Waals surface area contributed by atoms with Gasteiger partial charge in [0, 0.05) is 6.42 Å². The molecular weight excluding hydrogens is 284 g/mol. The van der Waals surface area contributed by atoms with Crippen LogP contribution in [0.5, 0.6) is 5.75 Å². The summed E-state index contributed by atoms with van der Waals surface area (Å²) in [5.41, 5.74) is 2.44. The molecule has 2 nitrogen and oxygen atoms in total. The Morgan fingerprint density at radius 3 is 2.38 bits per heavy atom. The highest BCUT2D eigenvalue weighted by atomic mass is 35.5. The molecule has 3 heteroatoms. The Morgan fingerprint density at radius 2 is 1.76 bits per heavy atom. The van der Waals surface area contributed by atoms with Crippen LogP contribution in [0.25, 0.3) is 0 Å². The van der Waals surface area contributed by atoms with Crippen LogP contribution in [0, 0.1) is 0 Å². The van der Waals surface area contributed by atoms with E-state index in [0.717, 1.165) is 5.56 Å². The Labute approximate surface area is 130 Å². The zero-order chi connectivity index (χ0) is 15.2. The number of carbonyl (C=O) groups excluding carboxylic acids is 1. The summed E-state index contributed by atoms with van der Waals surface area (Å²) in [5.74, 6) is 0.666. The maximum Gasteiger partial charge on any atom is 0.311 e. The number of ether oxygens (including phenoxy) is 1. The Morgan fingerprint density at radius 1 is 1.10 bits per heavy atom. The summed E-state index contributed by atoms with van der Waals surface area (Å²) in [6, 6.07) is 15.3. The van der Waals surface area contributed by atoms with Gasteiger partial charge in [-0.05, 0) is 35.6 Å². The van der Waals surface area contributed by atoms with Gasteiger partial charge in [-0.3, -0.25) is 4.79 Å². The Kier molecular flexibility index (Phi) is 5.40. The van der Waals surface area contributed by atoms with Gasteiger partial charge >= 0.3 is 5.97 Å². The van der Waals surface area contributed by atoms with Gasteiger partial charge in [-0.2, -0.15) is 0 Å². The van der Waals surface area contributed by atoms with E-state index in [-0.39, 0.29) is 5.97 Å². The third kappa shape index (κ3) is 4.61. The zero-order valence-corrected chi connectivity index (χ0v) is 13.1. The molecule has 0 heterocycles. The minimum Gasteiger partial charge on any atom is -0.425 e. The highest BCUT2D eigenvalue weighted by molar-refractivity contribution is 6.32. The molecule has 0 atom stereocenters. The average Bonchev–Trinajstić information content (AvgIpc) is 2.48. The van der Waals surface area contributed by atoms with Crippen molar-refractivity contribution in [1.29, 1.82) is 0 Å². The Balaban J connectivity index is 1.88. The van der Waals surface area contributed by atoms with E-state index in [2.05, 4.69) is 38.1 Å². The fraction of sp³-hybridized carbons (Fsp3) is 0.278. The number of esters is 1. The van der Waals surface area contributed by atoms with Crippen LogP contribution < -0.4 is 4.74 Å². The molecule has 0 bridgehead atoms. The molecule has 0 saturated heterocycles. The van der Waals surface area contributed by atoms with Crippen molar-refractivity contribution >= 4 is 17.6 Å². The van der Waals surface area contributed by atoms with Crippen LogP contribution in [-0.4, -0.2) is 5.97 Å².